The predicted molar refractivity (Wildman–Crippen MR) is 114 cm³/mol. The Morgan fingerprint density at radius 1 is 0.828 bits per heavy atom. The van der Waals surface area contributed by atoms with E-state index in [2.05, 4.69) is 5.32 Å². The van der Waals surface area contributed by atoms with Crippen molar-refractivity contribution in [2.24, 2.45) is 0 Å². The fourth-order valence-corrected chi connectivity index (χ4v) is 3.76. The number of amides is 3. The summed E-state index contributed by atoms with van der Waals surface area (Å²) in [5.74, 6) is -0.481. The van der Waals surface area contributed by atoms with Gasteiger partial charge >= 0.3 is 0 Å². The Balaban J connectivity index is 1.66. The van der Waals surface area contributed by atoms with Crippen LogP contribution < -0.4 is 5.32 Å². The van der Waals surface area contributed by atoms with Gasteiger partial charge in [-0.2, -0.15) is 0 Å². The number of aryl methyl sites for hydroxylation is 1. The van der Waals surface area contributed by atoms with Gasteiger partial charge in [-0.3, -0.25) is 14.4 Å². The Kier molecular flexibility index (Phi) is 6.45. The van der Waals surface area contributed by atoms with Crippen LogP contribution in [0.4, 0.5) is 5.69 Å². The molecule has 0 saturated carbocycles. The lowest BCUT2D eigenvalue weighted by Gasteiger charge is -2.35. The minimum Gasteiger partial charge on any atom is -0.335 e. The lowest BCUT2D eigenvalue weighted by atomic mass is 10.1. The molecule has 3 rings (SSSR count). The van der Waals surface area contributed by atoms with Crippen molar-refractivity contribution in [2.45, 2.75) is 13.8 Å². The Morgan fingerprint density at radius 2 is 1.34 bits per heavy atom. The molecule has 0 radical (unpaired) electrons. The highest BCUT2D eigenvalue weighted by molar-refractivity contribution is 6.35. The van der Waals surface area contributed by atoms with Crippen LogP contribution in [-0.2, 0) is 4.79 Å². The third-order valence-electron chi connectivity index (χ3n) is 4.76. The molecule has 8 heteroatoms. The van der Waals surface area contributed by atoms with E-state index in [-0.39, 0.29) is 17.7 Å². The number of hydrogen-bond acceptors (Lipinski definition) is 3. The van der Waals surface area contributed by atoms with Crippen molar-refractivity contribution in [2.75, 3.05) is 31.5 Å². The predicted octanol–water partition coefficient (Wildman–Crippen LogP) is 3.86. The third kappa shape index (κ3) is 5.08. The minimum atomic E-state index is -0.189. The zero-order chi connectivity index (χ0) is 21.1. The number of benzene rings is 2. The van der Waals surface area contributed by atoms with Crippen molar-refractivity contribution in [3.05, 3.63) is 63.1 Å². The average molecular weight is 434 g/mol. The van der Waals surface area contributed by atoms with Crippen LogP contribution in [0.2, 0.25) is 10.0 Å². The Labute approximate surface area is 179 Å². The molecule has 1 heterocycles. The van der Waals surface area contributed by atoms with E-state index in [1.54, 1.807) is 46.2 Å². The van der Waals surface area contributed by atoms with E-state index in [9.17, 15) is 14.4 Å². The van der Waals surface area contributed by atoms with Gasteiger partial charge < -0.3 is 15.1 Å². The van der Waals surface area contributed by atoms with Crippen molar-refractivity contribution in [3.63, 3.8) is 0 Å². The van der Waals surface area contributed by atoms with Gasteiger partial charge in [0.05, 0.1) is 0 Å². The highest BCUT2D eigenvalue weighted by atomic mass is 35.5. The number of halogens is 2. The van der Waals surface area contributed by atoms with Crippen molar-refractivity contribution >= 4 is 46.6 Å². The molecule has 0 aliphatic carbocycles. The number of piperazine rings is 1. The first-order chi connectivity index (χ1) is 13.7. The van der Waals surface area contributed by atoms with Gasteiger partial charge in [-0.25, -0.2) is 0 Å². The molecule has 0 unspecified atom stereocenters. The van der Waals surface area contributed by atoms with Gasteiger partial charge in [-0.15, -0.1) is 0 Å². The van der Waals surface area contributed by atoms with Crippen molar-refractivity contribution in [1.29, 1.82) is 0 Å². The molecule has 29 heavy (non-hydrogen) atoms. The maximum atomic E-state index is 12.9. The van der Waals surface area contributed by atoms with Crippen LogP contribution in [0.25, 0.3) is 0 Å². The first-order valence-electron chi connectivity index (χ1n) is 9.17. The smallest absolute Gasteiger partial charge is 0.254 e. The molecule has 1 N–H and O–H groups in total. The molecule has 1 aliphatic heterocycles. The molecule has 1 saturated heterocycles. The molecule has 3 amide bonds. The molecule has 0 aromatic heterocycles. The van der Waals surface area contributed by atoms with E-state index < -0.39 is 0 Å². The molecule has 6 nitrogen and oxygen atoms in total. The van der Waals surface area contributed by atoms with Crippen LogP contribution in [0.1, 0.15) is 33.2 Å². The lowest BCUT2D eigenvalue weighted by molar-refractivity contribution is -0.114. The van der Waals surface area contributed by atoms with Crippen LogP contribution >= 0.6 is 23.2 Å². The highest BCUT2D eigenvalue weighted by Gasteiger charge is 2.26. The molecule has 2 aromatic carbocycles. The van der Waals surface area contributed by atoms with Gasteiger partial charge in [0.2, 0.25) is 5.91 Å². The third-order valence-corrected chi connectivity index (χ3v) is 5.20. The summed E-state index contributed by atoms with van der Waals surface area (Å²) in [4.78, 5) is 40.3. The van der Waals surface area contributed by atoms with E-state index in [4.69, 9.17) is 23.2 Å². The maximum Gasteiger partial charge on any atom is 0.254 e. The summed E-state index contributed by atoms with van der Waals surface area (Å²) in [6.45, 7) is 4.96. The van der Waals surface area contributed by atoms with Gasteiger partial charge in [0.15, 0.2) is 0 Å². The quantitative estimate of drug-likeness (QED) is 0.798. The number of carbonyl (C=O) groups is 3. The number of anilines is 1. The standard InChI is InChI=1S/C21H21Cl2N3O3/c1-13-3-4-15(11-19(13)24-14(2)27)20(28)25-5-7-26(8-6-25)21(29)16-9-17(22)12-18(23)10-16/h3-4,9-12H,5-8H2,1-2H3,(H,24,27). The normalized spacial score (nSPS) is 13.9. The molecule has 0 atom stereocenters. The number of carbonyl (C=O) groups excluding carboxylic acids is 3. The Morgan fingerprint density at radius 3 is 1.86 bits per heavy atom. The monoisotopic (exact) mass is 433 g/mol. The van der Waals surface area contributed by atoms with Gasteiger partial charge in [0, 0.05) is 60.0 Å². The molecular formula is C21H21Cl2N3O3. The topological polar surface area (TPSA) is 69.7 Å². The SMILES string of the molecule is CC(=O)Nc1cc(C(=O)N2CCN(C(=O)c3cc(Cl)cc(Cl)c3)CC2)ccc1C. The van der Waals surface area contributed by atoms with Crippen LogP contribution in [-0.4, -0.2) is 53.7 Å². The summed E-state index contributed by atoms with van der Waals surface area (Å²) in [5, 5.41) is 3.55. The number of nitrogens with one attached hydrogen (secondary N) is 1. The molecule has 152 valence electrons. The molecular weight excluding hydrogens is 413 g/mol. The second-order valence-corrected chi connectivity index (χ2v) is 7.83. The van der Waals surface area contributed by atoms with Crippen molar-refractivity contribution in [1.82, 2.24) is 9.80 Å². The van der Waals surface area contributed by atoms with E-state index >= 15 is 0 Å². The van der Waals surface area contributed by atoms with Crippen molar-refractivity contribution in [3.8, 4) is 0 Å². The molecule has 1 aliphatic rings. The van der Waals surface area contributed by atoms with Crippen molar-refractivity contribution < 1.29 is 14.4 Å². The van der Waals surface area contributed by atoms with Gasteiger partial charge in [-0.05, 0) is 42.8 Å². The largest absolute Gasteiger partial charge is 0.335 e. The number of hydrogen-bond donors (Lipinski definition) is 1. The van der Waals surface area contributed by atoms with E-state index in [0.717, 1.165) is 5.56 Å². The van der Waals surface area contributed by atoms with Gasteiger partial charge in [0.25, 0.3) is 11.8 Å². The zero-order valence-electron chi connectivity index (χ0n) is 16.2. The van der Waals surface area contributed by atoms with E-state index in [1.165, 1.54) is 6.92 Å². The minimum absolute atomic E-state index is 0.130. The van der Waals surface area contributed by atoms with Gasteiger partial charge in [0.1, 0.15) is 0 Å². The number of rotatable bonds is 3. The summed E-state index contributed by atoms with van der Waals surface area (Å²) >= 11 is 12.0. The summed E-state index contributed by atoms with van der Waals surface area (Å²) in [6, 6.07) is 9.99. The van der Waals surface area contributed by atoms with Crippen LogP contribution in [0.3, 0.4) is 0 Å². The van der Waals surface area contributed by atoms with Crippen LogP contribution in [0.5, 0.6) is 0 Å². The lowest BCUT2D eigenvalue weighted by Crippen LogP contribution is -2.50. The summed E-state index contributed by atoms with van der Waals surface area (Å²) in [6.07, 6.45) is 0. The highest BCUT2D eigenvalue weighted by Crippen LogP contribution is 2.22. The second kappa shape index (κ2) is 8.84. The summed E-state index contributed by atoms with van der Waals surface area (Å²) < 4.78 is 0. The summed E-state index contributed by atoms with van der Waals surface area (Å²) in [7, 11) is 0. The molecule has 1 fully saturated rings. The van der Waals surface area contributed by atoms with Crippen LogP contribution in [0.15, 0.2) is 36.4 Å². The zero-order valence-corrected chi connectivity index (χ0v) is 17.7. The average Bonchev–Trinajstić information content (AvgIpc) is 2.67. The maximum absolute atomic E-state index is 12.9. The molecule has 0 spiro atoms. The fraction of sp³-hybridized carbons (Fsp3) is 0.286. The second-order valence-electron chi connectivity index (χ2n) is 6.95. The fourth-order valence-electron chi connectivity index (χ4n) is 3.23. The Hall–Kier alpha value is -2.57. The van der Waals surface area contributed by atoms with Gasteiger partial charge in [-0.1, -0.05) is 29.3 Å². The molecule has 0 bridgehead atoms. The first-order valence-corrected chi connectivity index (χ1v) is 9.93. The first kappa shape index (κ1) is 21.1. The van der Waals surface area contributed by atoms with Crippen LogP contribution in [0, 0.1) is 6.92 Å². The Bertz CT molecular complexity index is 949. The number of nitrogens with zero attached hydrogens (tertiary/aromatic N) is 2. The van der Waals surface area contributed by atoms with E-state index in [1.807, 2.05) is 6.92 Å². The van der Waals surface area contributed by atoms with E-state index in [0.29, 0.717) is 53.0 Å². The molecule has 2 aromatic rings. The summed E-state index contributed by atoms with van der Waals surface area (Å²) in [5.41, 5.74) is 2.43.